The van der Waals surface area contributed by atoms with Crippen molar-refractivity contribution in [3.63, 3.8) is 0 Å². The van der Waals surface area contributed by atoms with Crippen LogP contribution in [0.25, 0.3) is 0 Å². The van der Waals surface area contributed by atoms with Gasteiger partial charge in [0.05, 0.1) is 0 Å². The Balaban J connectivity index is 2.16. The molecule has 1 amide bonds. The fourth-order valence-electron chi connectivity index (χ4n) is 2.45. The molecule has 1 aromatic heterocycles. The van der Waals surface area contributed by atoms with Crippen LogP contribution in [0.1, 0.15) is 35.8 Å². The van der Waals surface area contributed by atoms with Crippen molar-refractivity contribution in [2.24, 2.45) is 5.92 Å². The third kappa shape index (κ3) is 2.63. The first-order chi connectivity index (χ1) is 8.63. The molecular weight excluding hydrogens is 226 g/mol. The molecule has 98 valence electrons. The lowest BCUT2D eigenvalue weighted by Crippen LogP contribution is -2.28. The standard InChI is InChI=1S/C14H21N3O/c1-4-11-5-6-17(9-11)14(18)12-7-10(2)16-13(8-12)15-3/h7-8,11H,4-6,9H2,1-3H3,(H,15,16). The molecule has 1 N–H and O–H groups in total. The van der Waals surface area contributed by atoms with Gasteiger partial charge in [-0.15, -0.1) is 0 Å². The summed E-state index contributed by atoms with van der Waals surface area (Å²) in [5, 5.41) is 2.99. The summed E-state index contributed by atoms with van der Waals surface area (Å²) in [6.45, 7) is 5.88. The van der Waals surface area contributed by atoms with Crippen LogP contribution in [-0.2, 0) is 0 Å². The first-order valence-electron chi connectivity index (χ1n) is 6.59. The van der Waals surface area contributed by atoms with Gasteiger partial charge in [0.15, 0.2) is 0 Å². The van der Waals surface area contributed by atoms with E-state index in [0.717, 1.165) is 43.0 Å². The Bertz CT molecular complexity index is 445. The van der Waals surface area contributed by atoms with Crippen LogP contribution in [0.15, 0.2) is 12.1 Å². The zero-order valence-corrected chi connectivity index (χ0v) is 11.4. The van der Waals surface area contributed by atoms with Crippen LogP contribution in [0.3, 0.4) is 0 Å². The lowest BCUT2D eigenvalue weighted by atomic mass is 10.1. The zero-order valence-electron chi connectivity index (χ0n) is 11.4. The number of rotatable bonds is 3. The van der Waals surface area contributed by atoms with E-state index in [1.807, 2.05) is 31.0 Å². The predicted octanol–water partition coefficient (Wildman–Crippen LogP) is 2.30. The molecule has 0 aromatic carbocycles. The lowest BCUT2D eigenvalue weighted by Gasteiger charge is -2.17. The van der Waals surface area contributed by atoms with Gasteiger partial charge in [-0.2, -0.15) is 0 Å². The number of carbonyl (C=O) groups excluding carboxylic acids is 1. The number of aromatic nitrogens is 1. The molecule has 1 aliphatic rings. The minimum absolute atomic E-state index is 0.132. The first kappa shape index (κ1) is 12.9. The van der Waals surface area contributed by atoms with Crippen LogP contribution in [0.5, 0.6) is 0 Å². The highest BCUT2D eigenvalue weighted by Crippen LogP contribution is 2.22. The molecule has 1 aliphatic heterocycles. The zero-order chi connectivity index (χ0) is 13.1. The molecule has 1 saturated heterocycles. The number of nitrogens with zero attached hydrogens (tertiary/aromatic N) is 2. The third-order valence-corrected chi connectivity index (χ3v) is 3.61. The first-order valence-corrected chi connectivity index (χ1v) is 6.59. The topological polar surface area (TPSA) is 45.2 Å². The molecule has 2 rings (SSSR count). The van der Waals surface area contributed by atoms with E-state index in [9.17, 15) is 4.79 Å². The number of anilines is 1. The van der Waals surface area contributed by atoms with Crippen LogP contribution in [0.2, 0.25) is 0 Å². The highest BCUT2D eigenvalue weighted by Gasteiger charge is 2.26. The number of hydrogen-bond acceptors (Lipinski definition) is 3. The maximum atomic E-state index is 12.4. The van der Waals surface area contributed by atoms with E-state index in [-0.39, 0.29) is 5.91 Å². The quantitative estimate of drug-likeness (QED) is 0.891. The molecule has 2 heterocycles. The Labute approximate surface area is 108 Å². The predicted molar refractivity (Wildman–Crippen MR) is 72.8 cm³/mol. The van der Waals surface area contributed by atoms with E-state index in [4.69, 9.17) is 0 Å². The lowest BCUT2D eigenvalue weighted by molar-refractivity contribution is 0.0786. The summed E-state index contributed by atoms with van der Waals surface area (Å²) in [7, 11) is 1.82. The van der Waals surface area contributed by atoms with Crippen LogP contribution in [0.4, 0.5) is 5.82 Å². The summed E-state index contributed by atoms with van der Waals surface area (Å²) >= 11 is 0. The SMILES string of the molecule is CCC1CCN(C(=O)c2cc(C)nc(NC)c2)C1. The maximum absolute atomic E-state index is 12.4. The van der Waals surface area contributed by atoms with Crippen molar-refractivity contribution in [1.82, 2.24) is 9.88 Å². The fraction of sp³-hybridized carbons (Fsp3) is 0.571. The molecule has 0 spiro atoms. The van der Waals surface area contributed by atoms with E-state index < -0.39 is 0 Å². The molecule has 0 saturated carbocycles. The van der Waals surface area contributed by atoms with Crippen LogP contribution in [-0.4, -0.2) is 35.9 Å². The molecule has 1 fully saturated rings. The van der Waals surface area contributed by atoms with Crippen molar-refractivity contribution in [2.75, 3.05) is 25.5 Å². The molecule has 4 nitrogen and oxygen atoms in total. The van der Waals surface area contributed by atoms with Crippen LogP contribution < -0.4 is 5.32 Å². The minimum Gasteiger partial charge on any atom is -0.373 e. The Morgan fingerprint density at radius 1 is 1.56 bits per heavy atom. The maximum Gasteiger partial charge on any atom is 0.254 e. The number of nitrogens with one attached hydrogen (secondary N) is 1. The normalized spacial score (nSPS) is 19.1. The van der Waals surface area contributed by atoms with Gasteiger partial charge in [0.1, 0.15) is 5.82 Å². The van der Waals surface area contributed by atoms with E-state index in [2.05, 4.69) is 17.2 Å². The molecular formula is C14H21N3O. The van der Waals surface area contributed by atoms with Crippen LogP contribution >= 0.6 is 0 Å². The van der Waals surface area contributed by atoms with Gasteiger partial charge in [0.2, 0.25) is 0 Å². The Kier molecular flexibility index (Phi) is 3.84. The molecule has 0 radical (unpaired) electrons. The summed E-state index contributed by atoms with van der Waals surface area (Å²) in [5.41, 5.74) is 1.61. The van der Waals surface area contributed by atoms with Crippen molar-refractivity contribution in [2.45, 2.75) is 26.7 Å². The molecule has 0 aliphatic carbocycles. The van der Waals surface area contributed by atoms with E-state index in [0.29, 0.717) is 5.92 Å². The highest BCUT2D eigenvalue weighted by molar-refractivity contribution is 5.95. The number of likely N-dealkylation sites (tertiary alicyclic amines) is 1. The van der Waals surface area contributed by atoms with Crippen molar-refractivity contribution in [3.05, 3.63) is 23.4 Å². The van der Waals surface area contributed by atoms with Gasteiger partial charge in [-0.3, -0.25) is 4.79 Å². The number of pyridine rings is 1. The second kappa shape index (κ2) is 5.38. The summed E-state index contributed by atoms with van der Waals surface area (Å²) in [5.74, 6) is 1.55. The molecule has 1 atom stereocenters. The number of carbonyl (C=O) groups is 1. The van der Waals surface area contributed by atoms with Gasteiger partial charge in [0.25, 0.3) is 5.91 Å². The van der Waals surface area contributed by atoms with Gasteiger partial charge < -0.3 is 10.2 Å². The van der Waals surface area contributed by atoms with Gasteiger partial charge in [-0.25, -0.2) is 4.98 Å². The second-order valence-electron chi connectivity index (χ2n) is 4.95. The molecule has 1 aromatic rings. The van der Waals surface area contributed by atoms with Gasteiger partial charge in [0, 0.05) is 31.4 Å². The third-order valence-electron chi connectivity index (χ3n) is 3.61. The smallest absolute Gasteiger partial charge is 0.254 e. The fourth-order valence-corrected chi connectivity index (χ4v) is 2.45. The number of amides is 1. The van der Waals surface area contributed by atoms with E-state index >= 15 is 0 Å². The van der Waals surface area contributed by atoms with Crippen LogP contribution in [0, 0.1) is 12.8 Å². The number of aryl methyl sites for hydroxylation is 1. The largest absolute Gasteiger partial charge is 0.373 e. The Morgan fingerprint density at radius 2 is 2.33 bits per heavy atom. The Hall–Kier alpha value is -1.58. The summed E-state index contributed by atoms with van der Waals surface area (Å²) in [4.78, 5) is 18.7. The van der Waals surface area contributed by atoms with Crippen molar-refractivity contribution < 1.29 is 4.79 Å². The summed E-state index contributed by atoms with van der Waals surface area (Å²) in [6.07, 6.45) is 2.28. The summed E-state index contributed by atoms with van der Waals surface area (Å²) in [6, 6.07) is 3.69. The monoisotopic (exact) mass is 247 g/mol. The Morgan fingerprint density at radius 3 is 2.94 bits per heavy atom. The molecule has 4 heteroatoms. The minimum atomic E-state index is 0.132. The average molecular weight is 247 g/mol. The highest BCUT2D eigenvalue weighted by atomic mass is 16.2. The van der Waals surface area contributed by atoms with Crippen molar-refractivity contribution in [3.8, 4) is 0 Å². The van der Waals surface area contributed by atoms with E-state index in [1.54, 1.807) is 0 Å². The molecule has 1 unspecified atom stereocenters. The van der Waals surface area contributed by atoms with Crippen molar-refractivity contribution >= 4 is 11.7 Å². The van der Waals surface area contributed by atoms with Gasteiger partial charge in [-0.1, -0.05) is 13.3 Å². The van der Waals surface area contributed by atoms with Gasteiger partial charge >= 0.3 is 0 Å². The van der Waals surface area contributed by atoms with Gasteiger partial charge in [-0.05, 0) is 31.4 Å². The summed E-state index contributed by atoms with van der Waals surface area (Å²) < 4.78 is 0. The molecule has 0 bridgehead atoms. The second-order valence-corrected chi connectivity index (χ2v) is 4.95. The van der Waals surface area contributed by atoms with E-state index in [1.165, 1.54) is 0 Å². The average Bonchev–Trinajstić information content (AvgIpc) is 2.85. The van der Waals surface area contributed by atoms with Crippen molar-refractivity contribution in [1.29, 1.82) is 0 Å². The number of hydrogen-bond donors (Lipinski definition) is 1. The molecule has 18 heavy (non-hydrogen) atoms.